The van der Waals surface area contributed by atoms with Gasteiger partial charge in [0.15, 0.2) is 0 Å². The van der Waals surface area contributed by atoms with Crippen LogP contribution in [0.2, 0.25) is 4.34 Å². The van der Waals surface area contributed by atoms with Crippen molar-refractivity contribution in [2.24, 2.45) is 0 Å². The van der Waals surface area contributed by atoms with Crippen LogP contribution in [0.25, 0.3) is 0 Å². The van der Waals surface area contributed by atoms with Crippen LogP contribution in [0.5, 0.6) is 0 Å². The number of halogens is 1. The summed E-state index contributed by atoms with van der Waals surface area (Å²) in [4.78, 5) is 25.9. The molecule has 2 heterocycles. The van der Waals surface area contributed by atoms with Gasteiger partial charge in [0, 0.05) is 18.0 Å². The molecule has 1 aromatic rings. The van der Waals surface area contributed by atoms with E-state index in [4.69, 9.17) is 11.6 Å². The molecule has 0 aromatic carbocycles. The molecule has 1 saturated heterocycles. The zero-order chi connectivity index (χ0) is 14.8. The van der Waals surface area contributed by atoms with Gasteiger partial charge < -0.3 is 15.3 Å². The molecule has 2 N–H and O–H groups in total. The fourth-order valence-corrected chi connectivity index (χ4v) is 3.47. The largest absolute Gasteiger partial charge is 0.480 e. The smallest absolute Gasteiger partial charge is 0.329 e. The molecule has 110 valence electrons. The highest BCUT2D eigenvalue weighted by atomic mass is 35.5. The maximum atomic E-state index is 12.1. The van der Waals surface area contributed by atoms with E-state index in [0.717, 1.165) is 15.6 Å². The van der Waals surface area contributed by atoms with Crippen molar-refractivity contribution in [3.63, 3.8) is 0 Å². The number of hydrogen-bond donors (Lipinski definition) is 2. The fraction of sp³-hybridized carbons (Fsp3) is 0.538. The molecule has 2 amide bonds. The van der Waals surface area contributed by atoms with Gasteiger partial charge in [0.05, 0.1) is 4.34 Å². The highest BCUT2D eigenvalue weighted by Crippen LogP contribution is 2.29. The number of carboxylic acid groups (broad SMARTS) is 1. The highest BCUT2D eigenvalue weighted by Gasteiger charge is 2.45. The monoisotopic (exact) mass is 316 g/mol. The first-order chi connectivity index (χ1) is 9.43. The van der Waals surface area contributed by atoms with Crippen LogP contribution in [0.3, 0.4) is 0 Å². The summed E-state index contributed by atoms with van der Waals surface area (Å²) in [6, 6.07) is 3.44. The molecule has 5 nitrogen and oxygen atoms in total. The number of rotatable bonds is 4. The second-order valence-corrected chi connectivity index (χ2v) is 6.82. The lowest BCUT2D eigenvalue weighted by molar-refractivity contribution is -0.147. The van der Waals surface area contributed by atoms with E-state index in [1.54, 1.807) is 6.92 Å². The molecule has 7 heteroatoms. The number of nitrogens with zero attached hydrogens (tertiary/aromatic N) is 1. The van der Waals surface area contributed by atoms with Gasteiger partial charge in [0.25, 0.3) is 0 Å². The van der Waals surface area contributed by atoms with Crippen LogP contribution in [0.1, 0.15) is 24.6 Å². The molecule has 0 saturated carbocycles. The first-order valence-electron chi connectivity index (χ1n) is 6.46. The lowest BCUT2D eigenvalue weighted by Crippen LogP contribution is -2.54. The summed E-state index contributed by atoms with van der Waals surface area (Å²) in [5, 5.41) is 12.0. The van der Waals surface area contributed by atoms with Crippen LogP contribution in [-0.4, -0.2) is 40.6 Å². The summed E-state index contributed by atoms with van der Waals surface area (Å²) in [6.45, 7) is 2.56. The van der Waals surface area contributed by atoms with Crippen molar-refractivity contribution in [1.29, 1.82) is 0 Å². The molecular formula is C13H17ClN2O3S. The summed E-state index contributed by atoms with van der Waals surface area (Å²) in [5.41, 5.74) is -1.09. The van der Waals surface area contributed by atoms with Crippen molar-refractivity contribution in [3.05, 3.63) is 21.3 Å². The second kappa shape index (κ2) is 6.01. The number of urea groups is 1. The van der Waals surface area contributed by atoms with E-state index in [0.29, 0.717) is 25.9 Å². The van der Waals surface area contributed by atoms with E-state index in [1.807, 2.05) is 12.1 Å². The van der Waals surface area contributed by atoms with Crippen LogP contribution >= 0.6 is 22.9 Å². The van der Waals surface area contributed by atoms with Crippen LogP contribution < -0.4 is 5.32 Å². The minimum absolute atomic E-state index is 0.310. The molecule has 1 aromatic heterocycles. The molecule has 20 heavy (non-hydrogen) atoms. The number of amides is 2. The quantitative estimate of drug-likeness (QED) is 0.897. The van der Waals surface area contributed by atoms with Gasteiger partial charge in [0.1, 0.15) is 5.54 Å². The Balaban J connectivity index is 1.87. The zero-order valence-corrected chi connectivity index (χ0v) is 12.8. The Morgan fingerprint density at radius 1 is 1.55 bits per heavy atom. The number of thiophene rings is 1. The van der Waals surface area contributed by atoms with Crippen LogP contribution in [0.15, 0.2) is 12.1 Å². The average molecular weight is 317 g/mol. The summed E-state index contributed by atoms with van der Waals surface area (Å²) < 4.78 is 0.726. The Hall–Kier alpha value is -1.27. The van der Waals surface area contributed by atoms with E-state index in [-0.39, 0.29) is 6.03 Å². The Kier molecular flexibility index (Phi) is 4.55. The molecule has 0 spiro atoms. The van der Waals surface area contributed by atoms with Gasteiger partial charge in [-0.25, -0.2) is 9.59 Å². The normalized spacial score (nSPS) is 22.0. The summed E-state index contributed by atoms with van der Waals surface area (Å²) in [7, 11) is 0. The first kappa shape index (κ1) is 15.1. The predicted molar refractivity (Wildman–Crippen MR) is 78.4 cm³/mol. The molecule has 0 bridgehead atoms. The Labute approximate surface area is 126 Å². The van der Waals surface area contributed by atoms with E-state index in [2.05, 4.69) is 5.32 Å². The van der Waals surface area contributed by atoms with Crippen molar-refractivity contribution in [2.45, 2.75) is 31.7 Å². The van der Waals surface area contributed by atoms with Gasteiger partial charge in [-0.05, 0) is 38.3 Å². The number of nitrogens with one attached hydrogen (secondary N) is 1. The number of likely N-dealkylation sites (tertiary alicyclic amines) is 1. The van der Waals surface area contributed by atoms with Gasteiger partial charge >= 0.3 is 12.0 Å². The van der Waals surface area contributed by atoms with Gasteiger partial charge in [0.2, 0.25) is 0 Å². The zero-order valence-electron chi connectivity index (χ0n) is 11.2. The molecule has 1 aliphatic heterocycles. The predicted octanol–water partition coefficient (Wildman–Crippen LogP) is 2.59. The van der Waals surface area contributed by atoms with Gasteiger partial charge in [-0.15, -0.1) is 11.3 Å². The minimum Gasteiger partial charge on any atom is -0.480 e. The molecule has 1 atom stereocenters. The molecule has 1 aliphatic rings. The topological polar surface area (TPSA) is 69.6 Å². The molecule has 0 radical (unpaired) electrons. The van der Waals surface area contributed by atoms with Crippen LogP contribution in [-0.2, 0) is 11.2 Å². The van der Waals surface area contributed by atoms with Crippen LogP contribution in [0, 0.1) is 0 Å². The SMILES string of the molecule is CC1(C(=O)O)CCCN1C(=O)NCCc1ccc(Cl)s1. The molecule has 0 aliphatic carbocycles. The fourth-order valence-electron chi connectivity index (χ4n) is 2.39. The summed E-state index contributed by atoms with van der Waals surface area (Å²) >= 11 is 7.32. The van der Waals surface area contributed by atoms with Gasteiger partial charge in [-0.1, -0.05) is 11.6 Å². The van der Waals surface area contributed by atoms with Crippen molar-refractivity contribution < 1.29 is 14.7 Å². The third-order valence-corrected chi connectivity index (χ3v) is 4.91. The number of carbonyl (C=O) groups is 2. The summed E-state index contributed by atoms with van der Waals surface area (Å²) in [6.07, 6.45) is 1.91. The highest BCUT2D eigenvalue weighted by molar-refractivity contribution is 7.16. The Morgan fingerprint density at radius 3 is 2.90 bits per heavy atom. The van der Waals surface area contributed by atoms with Gasteiger partial charge in [-0.2, -0.15) is 0 Å². The third kappa shape index (κ3) is 3.07. The third-order valence-electron chi connectivity index (χ3n) is 3.62. The molecular weight excluding hydrogens is 300 g/mol. The summed E-state index contributed by atoms with van der Waals surface area (Å²) in [5.74, 6) is -0.949. The first-order valence-corrected chi connectivity index (χ1v) is 7.66. The maximum absolute atomic E-state index is 12.1. The lowest BCUT2D eigenvalue weighted by atomic mass is 10.00. The number of hydrogen-bond acceptors (Lipinski definition) is 3. The minimum atomic E-state index is -1.09. The molecule has 1 fully saturated rings. The number of aliphatic carboxylic acids is 1. The Bertz CT molecular complexity index is 519. The maximum Gasteiger partial charge on any atom is 0.329 e. The van der Waals surface area contributed by atoms with E-state index < -0.39 is 11.5 Å². The standard InChI is InChI=1S/C13H17ClN2O3S/c1-13(11(17)18)6-2-8-16(13)12(19)15-7-5-9-3-4-10(14)20-9/h3-4H,2,5-8H2,1H3,(H,15,19)(H,17,18). The molecule has 1 unspecified atom stereocenters. The van der Waals surface area contributed by atoms with Crippen LogP contribution in [0.4, 0.5) is 4.79 Å². The number of carboxylic acids is 1. The van der Waals surface area contributed by atoms with Crippen molar-refractivity contribution in [2.75, 3.05) is 13.1 Å². The van der Waals surface area contributed by atoms with Crippen molar-refractivity contribution in [3.8, 4) is 0 Å². The molecule has 2 rings (SSSR count). The van der Waals surface area contributed by atoms with E-state index in [1.165, 1.54) is 16.2 Å². The number of carbonyl (C=O) groups excluding carboxylic acids is 1. The lowest BCUT2D eigenvalue weighted by Gasteiger charge is -2.31. The van der Waals surface area contributed by atoms with Gasteiger partial charge in [-0.3, -0.25) is 0 Å². The second-order valence-electron chi connectivity index (χ2n) is 5.02. The Morgan fingerprint density at radius 2 is 2.30 bits per heavy atom. The van der Waals surface area contributed by atoms with Crippen molar-refractivity contribution >= 4 is 34.9 Å². The van der Waals surface area contributed by atoms with E-state index in [9.17, 15) is 14.7 Å². The average Bonchev–Trinajstić information content (AvgIpc) is 2.96. The van der Waals surface area contributed by atoms with Crippen molar-refractivity contribution in [1.82, 2.24) is 10.2 Å². The van der Waals surface area contributed by atoms with E-state index >= 15 is 0 Å².